The predicted octanol–water partition coefficient (Wildman–Crippen LogP) is 2.52. The van der Waals surface area contributed by atoms with Crippen LogP contribution >= 0.6 is 0 Å². The first-order valence-corrected chi connectivity index (χ1v) is 6.12. The molecule has 0 spiro atoms. The Morgan fingerprint density at radius 2 is 2.22 bits per heavy atom. The van der Waals surface area contributed by atoms with Crippen molar-refractivity contribution in [3.8, 4) is 5.75 Å². The van der Waals surface area contributed by atoms with E-state index in [-0.39, 0.29) is 0 Å². The zero-order valence-corrected chi connectivity index (χ0v) is 11.0. The van der Waals surface area contributed by atoms with Gasteiger partial charge >= 0.3 is 0 Å². The van der Waals surface area contributed by atoms with Gasteiger partial charge in [0.05, 0.1) is 18.0 Å². The van der Waals surface area contributed by atoms with Gasteiger partial charge in [-0.1, -0.05) is 6.92 Å². The standard InChI is InChI=1S/C13H18N4O/c1-4-10-11(9-17(3)16-10)15-13-12(18-5-2)7-6-8-14-13/h6-9H,4-5H2,1-3H3,(H,14,15). The number of hydrogen-bond acceptors (Lipinski definition) is 4. The highest BCUT2D eigenvalue weighted by molar-refractivity contribution is 5.63. The first-order chi connectivity index (χ1) is 8.74. The molecule has 0 atom stereocenters. The van der Waals surface area contributed by atoms with E-state index >= 15 is 0 Å². The maximum atomic E-state index is 5.54. The second-order valence-corrected chi connectivity index (χ2v) is 3.92. The van der Waals surface area contributed by atoms with E-state index in [1.165, 1.54) is 0 Å². The first-order valence-electron chi connectivity index (χ1n) is 6.12. The largest absolute Gasteiger partial charge is 0.490 e. The van der Waals surface area contributed by atoms with Crippen molar-refractivity contribution in [3.05, 3.63) is 30.2 Å². The molecular formula is C13H18N4O. The Hall–Kier alpha value is -2.04. The summed E-state index contributed by atoms with van der Waals surface area (Å²) in [6, 6.07) is 3.76. The summed E-state index contributed by atoms with van der Waals surface area (Å²) in [7, 11) is 1.91. The van der Waals surface area contributed by atoms with Gasteiger partial charge < -0.3 is 10.1 Å². The average Bonchev–Trinajstić information content (AvgIpc) is 2.72. The molecule has 2 rings (SSSR count). The van der Waals surface area contributed by atoms with E-state index in [1.807, 2.05) is 32.3 Å². The Labute approximate surface area is 107 Å². The molecule has 2 aromatic heterocycles. The summed E-state index contributed by atoms with van der Waals surface area (Å²) >= 11 is 0. The molecule has 0 saturated heterocycles. The molecule has 0 aliphatic rings. The van der Waals surface area contributed by atoms with Crippen LogP contribution in [0.4, 0.5) is 11.5 Å². The van der Waals surface area contributed by atoms with E-state index in [2.05, 4.69) is 22.3 Å². The smallest absolute Gasteiger partial charge is 0.173 e. The minimum absolute atomic E-state index is 0.619. The highest BCUT2D eigenvalue weighted by atomic mass is 16.5. The van der Waals surface area contributed by atoms with Gasteiger partial charge in [-0.15, -0.1) is 0 Å². The van der Waals surface area contributed by atoms with Crippen LogP contribution in [0.3, 0.4) is 0 Å². The molecular weight excluding hydrogens is 228 g/mol. The number of aromatic nitrogens is 3. The van der Waals surface area contributed by atoms with Crippen LogP contribution in [0, 0.1) is 0 Å². The van der Waals surface area contributed by atoms with Gasteiger partial charge in [0.25, 0.3) is 0 Å². The Balaban J connectivity index is 2.27. The molecule has 0 saturated carbocycles. The SMILES string of the molecule is CCOc1cccnc1Nc1cn(C)nc1CC. The molecule has 96 valence electrons. The van der Waals surface area contributed by atoms with Crippen LogP contribution in [0.1, 0.15) is 19.5 Å². The lowest BCUT2D eigenvalue weighted by molar-refractivity contribution is 0.341. The van der Waals surface area contributed by atoms with Gasteiger partial charge in [-0.25, -0.2) is 4.98 Å². The summed E-state index contributed by atoms with van der Waals surface area (Å²) in [5.41, 5.74) is 1.99. The Kier molecular flexibility index (Phi) is 3.82. The summed E-state index contributed by atoms with van der Waals surface area (Å²) in [5.74, 6) is 1.48. The fourth-order valence-corrected chi connectivity index (χ4v) is 1.78. The zero-order chi connectivity index (χ0) is 13.0. The number of rotatable bonds is 5. The Morgan fingerprint density at radius 1 is 1.39 bits per heavy atom. The lowest BCUT2D eigenvalue weighted by atomic mass is 10.3. The van der Waals surface area contributed by atoms with Crippen molar-refractivity contribution in [2.24, 2.45) is 7.05 Å². The van der Waals surface area contributed by atoms with E-state index in [4.69, 9.17) is 4.74 Å². The molecule has 0 bridgehead atoms. The quantitative estimate of drug-likeness (QED) is 0.880. The Bertz CT molecular complexity index is 521. The second kappa shape index (κ2) is 5.53. The van der Waals surface area contributed by atoms with Crippen LogP contribution in [0.2, 0.25) is 0 Å². The third kappa shape index (κ3) is 2.61. The van der Waals surface area contributed by atoms with Gasteiger partial charge in [-0.3, -0.25) is 4.68 Å². The number of anilines is 2. The highest BCUT2D eigenvalue weighted by Gasteiger charge is 2.09. The van der Waals surface area contributed by atoms with Crippen LogP contribution in [-0.2, 0) is 13.5 Å². The molecule has 5 nitrogen and oxygen atoms in total. The van der Waals surface area contributed by atoms with Crippen LogP contribution in [-0.4, -0.2) is 21.4 Å². The minimum atomic E-state index is 0.619. The minimum Gasteiger partial charge on any atom is -0.490 e. The van der Waals surface area contributed by atoms with Crippen LogP contribution in [0.15, 0.2) is 24.5 Å². The normalized spacial score (nSPS) is 10.4. The molecule has 18 heavy (non-hydrogen) atoms. The molecule has 0 aliphatic carbocycles. The zero-order valence-electron chi connectivity index (χ0n) is 11.0. The number of aryl methyl sites for hydroxylation is 2. The second-order valence-electron chi connectivity index (χ2n) is 3.92. The van der Waals surface area contributed by atoms with Gasteiger partial charge in [0.1, 0.15) is 0 Å². The van der Waals surface area contributed by atoms with Crippen LogP contribution in [0.25, 0.3) is 0 Å². The number of nitrogens with zero attached hydrogens (tertiary/aromatic N) is 3. The molecule has 0 fully saturated rings. The fraction of sp³-hybridized carbons (Fsp3) is 0.385. The van der Waals surface area contributed by atoms with Gasteiger partial charge in [0, 0.05) is 19.4 Å². The lowest BCUT2D eigenvalue weighted by Gasteiger charge is -2.10. The van der Waals surface area contributed by atoms with Crippen molar-refractivity contribution in [3.63, 3.8) is 0 Å². The summed E-state index contributed by atoms with van der Waals surface area (Å²) < 4.78 is 7.33. The summed E-state index contributed by atoms with van der Waals surface area (Å²) in [6.45, 7) is 4.65. The van der Waals surface area contributed by atoms with Crippen molar-refractivity contribution in [1.29, 1.82) is 0 Å². The van der Waals surface area contributed by atoms with Crippen molar-refractivity contribution < 1.29 is 4.74 Å². The molecule has 2 aromatic rings. The van der Waals surface area contributed by atoms with E-state index < -0.39 is 0 Å². The van der Waals surface area contributed by atoms with Crippen molar-refractivity contribution in [2.75, 3.05) is 11.9 Å². The van der Waals surface area contributed by atoms with Crippen LogP contribution < -0.4 is 10.1 Å². The monoisotopic (exact) mass is 246 g/mol. The third-order valence-corrected chi connectivity index (χ3v) is 2.56. The molecule has 0 amide bonds. The lowest BCUT2D eigenvalue weighted by Crippen LogP contribution is -2.00. The van der Waals surface area contributed by atoms with Gasteiger partial charge in [0.2, 0.25) is 0 Å². The topological polar surface area (TPSA) is 52.0 Å². The van der Waals surface area contributed by atoms with E-state index in [0.29, 0.717) is 6.61 Å². The molecule has 0 radical (unpaired) electrons. The molecule has 5 heteroatoms. The molecule has 2 heterocycles. The van der Waals surface area contributed by atoms with Gasteiger partial charge in [-0.05, 0) is 25.5 Å². The number of hydrogen-bond donors (Lipinski definition) is 1. The van der Waals surface area contributed by atoms with Gasteiger partial charge in [-0.2, -0.15) is 5.10 Å². The summed E-state index contributed by atoms with van der Waals surface area (Å²) in [5, 5.41) is 7.66. The van der Waals surface area contributed by atoms with Crippen molar-refractivity contribution >= 4 is 11.5 Å². The number of ether oxygens (including phenoxy) is 1. The third-order valence-electron chi connectivity index (χ3n) is 2.56. The number of nitrogens with one attached hydrogen (secondary N) is 1. The van der Waals surface area contributed by atoms with Gasteiger partial charge in [0.15, 0.2) is 11.6 Å². The summed E-state index contributed by atoms with van der Waals surface area (Å²) in [6.07, 6.45) is 4.57. The van der Waals surface area contributed by atoms with Crippen molar-refractivity contribution in [2.45, 2.75) is 20.3 Å². The van der Waals surface area contributed by atoms with Crippen molar-refractivity contribution in [1.82, 2.24) is 14.8 Å². The molecule has 0 aliphatic heterocycles. The van der Waals surface area contributed by atoms with E-state index in [9.17, 15) is 0 Å². The molecule has 1 N–H and O–H groups in total. The average molecular weight is 246 g/mol. The predicted molar refractivity (Wildman–Crippen MR) is 71.3 cm³/mol. The highest BCUT2D eigenvalue weighted by Crippen LogP contribution is 2.26. The van der Waals surface area contributed by atoms with E-state index in [1.54, 1.807) is 10.9 Å². The molecule has 0 unspecified atom stereocenters. The maximum absolute atomic E-state index is 5.54. The van der Waals surface area contributed by atoms with Crippen LogP contribution in [0.5, 0.6) is 5.75 Å². The summed E-state index contributed by atoms with van der Waals surface area (Å²) in [4.78, 5) is 4.30. The fourth-order valence-electron chi connectivity index (χ4n) is 1.78. The maximum Gasteiger partial charge on any atom is 0.173 e. The van der Waals surface area contributed by atoms with E-state index in [0.717, 1.165) is 29.4 Å². The Morgan fingerprint density at radius 3 is 2.94 bits per heavy atom. The number of pyridine rings is 1. The molecule has 0 aromatic carbocycles. The first kappa shape index (κ1) is 12.4.